The Morgan fingerprint density at radius 2 is 2.00 bits per heavy atom. The average Bonchev–Trinajstić information content (AvgIpc) is 2.69. The fraction of sp³-hybridized carbons (Fsp3) is 0.900. The Balaban J connectivity index is 2.08. The largest absolute Gasteiger partial charge is 0.310 e. The molecule has 0 aliphatic heterocycles. The second-order valence-electron chi connectivity index (χ2n) is 4.75. The van der Waals surface area contributed by atoms with Gasteiger partial charge in [-0.15, -0.1) is 0 Å². The summed E-state index contributed by atoms with van der Waals surface area (Å²) in [6.07, 6.45) is 2.69. The summed E-state index contributed by atoms with van der Waals surface area (Å²) in [5.74, 6) is 1.17. The molecule has 0 spiro atoms. The van der Waals surface area contributed by atoms with Crippen molar-refractivity contribution in [2.45, 2.75) is 33.6 Å². The lowest BCUT2D eigenvalue weighted by Crippen LogP contribution is -2.32. The van der Waals surface area contributed by atoms with E-state index in [1.165, 1.54) is 12.8 Å². The Labute approximate surface area is 74.7 Å². The molecule has 0 amide bonds. The minimum absolute atomic E-state index is 0.184. The molecule has 1 N–H and O–H groups in total. The van der Waals surface area contributed by atoms with E-state index in [0.29, 0.717) is 12.3 Å². The first-order valence-electron chi connectivity index (χ1n) is 4.74. The fourth-order valence-electron chi connectivity index (χ4n) is 0.977. The van der Waals surface area contributed by atoms with Crippen LogP contribution in [-0.4, -0.2) is 18.9 Å². The highest BCUT2D eigenvalue weighted by atomic mass is 16.1. The van der Waals surface area contributed by atoms with Crippen molar-refractivity contribution >= 4 is 5.78 Å². The number of hydrogen-bond acceptors (Lipinski definition) is 2. The van der Waals surface area contributed by atoms with Gasteiger partial charge >= 0.3 is 0 Å². The van der Waals surface area contributed by atoms with Gasteiger partial charge in [-0.3, -0.25) is 4.79 Å². The minimum Gasteiger partial charge on any atom is -0.310 e. The summed E-state index contributed by atoms with van der Waals surface area (Å²) in [7, 11) is 0. The van der Waals surface area contributed by atoms with E-state index in [2.05, 4.69) is 5.32 Å². The maximum absolute atomic E-state index is 11.4. The van der Waals surface area contributed by atoms with Gasteiger partial charge in [-0.25, -0.2) is 0 Å². The second kappa shape index (κ2) is 3.56. The summed E-state index contributed by atoms with van der Waals surface area (Å²) in [6, 6.07) is 0. The number of Topliss-reactive ketones (excluding diaryl/α,β-unsaturated/α-hetero) is 1. The number of hydrogen-bond donors (Lipinski definition) is 1. The summed E-state index contributed by atoms with van der Waals surface area (Å²) in [6.45, 7) is 7.47. The molecule has 0 heterocycles. The van der Waals surface area contributed by atoms with E-state index in [1.807, 2.05) is 20.8 Å². The smallest absolute Gasteiger partial charge is 0.151 e. The van der Waals surface area contributed by atoms with Crippen molar-refractivity contribution in [3.8, 4) is 0 Å². The van der Waals surface area contributed by atoms with Crippen LogP contribution in [0.4, 0.5) is 0 Å². The normalized spacial score (nSPS) is 17.9. The summed E-state index contributed by atoms with van der Waals surface area (Å²) < 4.78 is 0. The van der Waals surface area contributed by atoms with Gasteiger partial charge in [0.1, 0.15) is 0 Å². The lowest BCUT2D eigenvalue weighted by Gasteiger charge is -2.16. The van der Waals surface area contributed by atoms with E-state index in [0.717, 1.165) is 12.5 Å². The standard InChI is InChI=1S/C10H19NO/c1-10(2,3)9(12)7-11-6-8-4-5-8/h8,11H,4-7H2,1-3H3. The van der Waals surface area contributed by atoms with Crippen LogP contribution in [0.5, 0.6) is 0 Å². The molecule has 12 heavy (non-hydrogen) atoms. The molecule has 2 nitrogen and oxygen atoms in total. The van der Waals surface area contributed by atoms with E-state index in [1.54, 1.807) is 0 Å². The Hall–Kier alpha value is -0.370. The van der Waals surface area contributed by atoms with Gasteiger partial charge < -0.3 is 5.32 Å². The minimum atomic E-state index is -0.184. The summed E-state index contributed by atoms with van der Waals surface area (Å²) in [4.78, 5) is 11.4. The predicted molar refractivity (Wildman–Crippen MR) is 50.1 cm³/mol. The zero-order valence-electron chi connectivity index (χ0n) is 8.31. The first kappa shape index (κ1) is 9.72. The molecule has 1 aliphatic carbocycles. The number of nitrogens with one attached hydrogen (secondary N) is 1. The molecular weight excluding hydrogens is 150 g/mol. The predicted octanol–water partition coefficient (Wildman–Crippen LogP) is 1.60. The zero-order chi connectivity index (χ0) is 9.19. The summed E-state index contributed by atoms with van der Waals surface area (Å²) in [5, 5.41) is 3.20. The van der Waals surface area contributed by atoms with Crippen molar-refractivity contribution in [2.75, 3.05) is 13.1 Å². The van der Waals surface area contributed by atoms with E-state index in [9.17, 15) is 4.79 Å². The van der Waals surface area contributed by atoms with Crippen LogP contribution < -0.4 is 5.32 Å². The van der Waals surface area contributed by atoms with E-state index in [4.69, 9.17) is 0 Å². The summed E-state index contributed by atoms with van der Waals surface area (Å²) in [5.41, 5.74) is -0.184. The monoisotopic (exact) mass is 169 g/mol. The lowest BCUT2D eigenvalue weighted by molar-refractivity contribution is -0.125. The highest BCUT2D eigenvalue weighted by Gasteiger charge is 2.23. The van der Waals surface area contributed by atoms with Crippen molar-refractivity contribution in [1.82, 2.24) is 5.32 Å². The van der Waals surface area contributed by atoms with Crippen molar-refractivity contribution < 1.29 is 4.79 Å². The molecule has 2 heteroatoms. The van der Waals surface area contributed by atoms with E-state index >= 15 is 0 Å². The van der Waals surface area contributed by atoms with Gasteiger partial charge in [-0.05, 0) is 25.3 Å². The molecule has 1 saturated carbocycles. The quantitative estimate of drug-likeness (QED) is 0.692. The molecule has 1 fully saturated rings. The van der Waals surface area contributed by atoms with Gasteiger partial charge in [0.25, 0.3) is 0 Å². The third-order valence-electron chi connectivity index (χ3n) is 2.25. The Morgan fingerprint density at radius 3 is 2.42 bits per heavy atom. The number of carbonyl (C=O) groups is 1. The van der Waals surface area contributed by atoms with Crippen molar-refractivity contribution in [2.24, 2.45) is 11.3 Å². The van der Waals surface area contributed by atoms with Gasteiger partial charge in [0.15, 0.2) is 5.78 Å². The van der Waals surface area contributed by atoms with Gasteiger partial charge in [-0.2, -0.15) is 0 Å². The maximum atomic E-state index is 11.4. The third kappa shape index (κ3) is 3.35. The van der Waals surface area contributed by atoms with Crippen LogP contribution in [0.25, 0.3) is 0 Å². The third-order valence-corrected chi connectivity index (χ3v) is 2.25. The van der Waals surface area contributed by atoms with Crippen LogP contribution in [0.2, 0.25) is 0 Å². The average molecular weight is 169 g/mol. The molecule has 0 aromatic carbocycles. The van der Waals surface area contributed by atoms with Gasteiger partial charge in [0.05, 0.1) is 6.54 Å². The highest BCUT2D eigenvalue weighted by Crippen LogP contribution is 2.27. The number of carbonyl (C=O) groups excluding carboxylic acids is 1. The summed E-state index contributed by atoms with van der Waals surface area (Å²) >= 11 is 0. The van der Waals surface area contributed by atoms with Crippen LogP contribution in [0, 0.1) is 11.3 Å². The molecule has 0 saturated heterocycles. The number of rotatable bonds is 4. The lowest BCUT2D eigenvalue weighted by atomic mass is 9.91. The van der Waals surface area contributed by atoms with E-state index < -0.39 is 0 Å². The maximum Gasteiger partial charge on any atom is 0.151 e. The van der Waals surface area contributed by atoms with Gasteiger partial charge in [-0.1, -0.05) is 20.8 Å². The van der Waals surface area contributed by atoms with Crippen molar-refractivity contribution in [1.29, 1.82) is 0 Å². The molecule has 0 aromatic heterocycles. The molecule has 1 aliphatic rings. The Kier molecular flexibility index (Phi) is 2.89. The fourth-order valence-corrected chi connectivity index (χ4v) is 0.977. The van der Waals surface area contributed by atoms with Crippen molar-refractivity contribution in [3.63, 3.8) is 0 Å². The first-order chi connectivity index (χ1) is 5.50. The number of ketones is 1. The molecule has 0 aromatic rings. The molecule has 0 unspecified atom stereocenters. The van der Waals surface area contributed by atoms with E-state index in [-0.39, 0.29) is 5.41 Å². The van der Waals surface area contributed by atoms with Gasteiger partial charge in [0, 0.05) is 5.41 Å². The molecule has 1 rings (SSSR count). The molecular formula is C10H19NO. The SMILES string of the molecule is CC(C)(C)C(=O)CNCC1CC1. The Morgan fingerprint density at radius 1 is 1.42 bits per heavy atom. The van der Waals surface area contributed by atoms with Crippen LogP contribution in [0.1, 0.15) is 33.6 Å². The molecule has 70 valence electrons. The zero-order valence-corrected chi connectivity index (χ0v) is 8.31. The second-order valence-corrected chi connectivity index (χ2v) is 4.75. The highest BCUT2D eigenvalue weighted by molar-refractivity contribution is 5.85. The van der Waals surface area contributed by atoms with Crippen LogP contribution >= 0.6 is 0 Å². The molecule has 0 radical (unpaired) electrons. The van der Waals surface area contributed by atoms with Gasteiger partial charge in [0.2, 0.25) is 0 Å². The molecule has 0 bridgehead atoms. The molecule has 0 atom stereocenters. The first-order valence-corrected chi connectivity index (χ1v) is 4.74. The topological polar surface area (TPSA) is 29.1 Å². The van der Waals surface area contributed by atoms with Crippen LogP contribution in [0.15, 0.2) is 0 Å². The van der Waals surface area contributed by atoms with Crippen molar-refractivity contribution in [3.05, 3.63) is 0 Å². The van der Waals surface area contributed by atoms with Crippen LogP contribution in [-0.2, 0) is 4.79 Å². The van der Waals surface area contributed by atoms with Crippen LogP contribution in [0.3, 0.4) is 0 Å². The Bertz CT molecular complexity index is 165.